The molecule has 0 aliphatic carbocycles. The highest BCUT2D eigenvalue weighted by Crippen LogP contribution is 2.04. The Balaban J connectivity index is 2.32. The van der Waals surface area contributed by atoms with E-state index in [9.17, 15) is 14.9 Å². The maximum atomic E-state index is 11.6. The second-order valence-corrected chi connectivity index (χ2v) is 4.01. The molecular weight excluding hydrogens is 250 g/mol. The third-order valence-corrected chi connectivity index (χ3v) is 2.76. The van der Waals surface area contributed by atoms with Crippen LogP contribution in [0.25, 0.3) is 0 Å². The topological polar surface area (TPSA) is 93.3 Å². The molecule has 1 heterocycles. The summed E-state index contributed by atoms with van der Waals surface area (Å²) in [6.45, 7) is 7.35. The highest BCUT2D eigenvalue weighted by molar-refractivity contribution is 5.75. The smallest absolute Gasteiger partial charge is 0.358 e. The monoisotopic (exact) mass is 269 g/mol. The van der Waals surface area contributed by atoms with Crippen molar-refractivity contribution >= 4 is 11.7 Å². The molecule has 1 rings (SSSR count). The van der Waals surface area contributed by atoms with Gasteiger partial charge in [0.2, 0.25) is 5.91 Å². The number of nitrogens with one attached hydrogen (secondary N) is 1. The lowest BCUT2D eigenvalue weighted by atomic mass is 10.4. The van der Waals surface area contributed by atoms with Gasteiger partial charge in [-0.25, -0.2) is 0 Å². The van der Waals surface area contributed by atoms with Crippen LogP contribution in [0.3, 0.4) is 0 Å². The zero-order valence-corrected chi connectivity index (χ0v) is 11.2. The lowest BCUT2D eigenvalue weighted by Crippen LogP contribution is -2.36. The van der Waals surface area contributed by atoms with Gasteiger partial charge < -0.3 is 20.3 Å². The van der Waals surface area contributed by atoms with E-state index in [-0.39, 0.29) is 18.3 Å². The van der Waals surface area contributed by atoms with Gasteiger partial charge in [-0.05, 0) is 18.0 Å². The Morgan fingerprint density at radius 1 is 1.53 bits per heavy atom. The second-order valence-electron chi connectivity index (χ2n) is 4.01. The summed E-state index contributed by atoms with van der Waals surface area (Å²) in [6.07, 6.45) is 1.42. The molecule has 0 radical (unpaired) electrons. The van der Waals surface area contributed by atoms with Gasteiger partial charge in [-0.3, -0.25) is 4.79 Å². The van der Waals surface area contributed by atoms with Gasteiger partial charge in [0, 0.05) is 13.1 Å². The van der Waals surface area contributed by atoms with Crippen molar-refractivity contribution in [2.24, 2.45) is 0 Å². The minimum atomic E-state index is -0.589. The summed E-state index contributed by atoms with van der Waals surface area (Å²) >= 11 is 0. The number of aromatic nitrogens is 2. The van der Waals surface area contributed by atoms with E-state index in [1.807, 2.05) is 0 Å². The minimum absolute atomic E-state index is 0.00785. The van der Waals surface area contributed by atoms with Crippen molar-refractivity contribution in [3.63, 3.8) is 0 Å². The molecule has 1 N–H and O–H groups in total. The van der Waals surface area contributed by atoms with Crippen LogP contribution in [-0.4, -0.2) is 51.7 Å². The molecule has 19 heavy (non-hydrogen) atoms. The Bertz CT molecular complexity index is 428. The van der Waals surface area contributed by atoms with Crippen LogP contribution < -0.4 is 5.32 Å². The first-order chi connectivity index (χ1) is 9.06. The molecular formula is C11H19N5O3. The summed E-state index contributed by atoms with van der Waals surface area (Å²) in [5, 5.41) is 16.9. The van der Waals surface area contributed by atoms with E-state index in [0.29, 0.717) is 6.54 Å². The summed E-state index contributed by atoms with van der Waals surface area (Å²) in [5.41, 5.74) is 0. The van der Waals surface area contributed by atoms with Gasteiger partial charge in [0.15, 0.2) is 0 Å². The van der Waals surface area contributed by atoms with E-state index in [2.05, 4.69) is 29.2 Å². The Kier molecular flexibility index (Phi) is 5.94. The quantitative estimate of drug-likeness (QED) is 0.539. The van der Waals surface area contributed by atoms with Gasteiger partial charge in [0.25, 0.3) is 0 Å². The largest absolute Gasteiger partial charge is 0.389 e. The Morgan fingerprint density at radius 2 is 2.21 bits per heavy atom. The Labute approximate surface area is 111 Å². The molecule has 1 aromatic heterocycles. The van der Waals surface area contributed by atoms with Gasteiger partial charge in [-0.15, -0.1) is 0 Å². The fraction of sp³-hybridized carbons (Fsp3) is 0.636. The maximum Gasteiger partial charge on any atom is 0.389 e. The summed E-state index contributed by atoms with van der Waals surface area (Å²) in [5.74, 6) is -0.457. The normalized spacial score (nSPS) is 10.7. The molecule has 0 fully saturated rings. The molecule has 0 saturated heterocycles. The van der Waals surface area contributed by atoms with Crippen LogP contribution in [0, 0.1) is 10.1 Å². The van der Waals surface area contributed by atoms with Crippen molar-refractivity contribution in [1.82, 2.24) is 20.0 Å². The molecule has 0 aliphatic rings. The van der Waals surface area contributed by atoms with E-state index in [1.165, 1.54) is 16.9 Å². The van der Waals surface area contributed by atoms with Crippen molar-refractivity contribution in [2.45, 2.75) is 20.4 Å². The summed E-state index contributed by atoms with van der Waals surface area (Å²) in [4.78, 5) is 23.6. The van der Waals surface area contributed by atoms with Crippen LogP contribution in [0.15, 0.2) is 12.3 Å². The molecule has 0 aliphatic heterocycles. The molecule has 0 atom stereocenters. The molecule has 0 spiro atoms. The van der Waals surface area contributed by atoms with Crippen LogP contribution >= 0.6 is 0 Å². The zero-order valence-electron chi connectivity index (χ0n) is 11.2. The first-order valence-corrected chi connectivity index (χ1v) is 6.23. The van der Waals surface area contributed by atoms with Crippen molar-refractivity contribution in [2.75, 3.05) is 26.2 Å². The predicted octanol–water partition coefficient (Wildman–Crippen LogP) is 0.249. The summed E-state index contributed by atoms with van der Waals surface area (Å²) in [7, 11) is 0. The van der Waals surface area contributed by atoms with Crippen molar-refractivity contribution in [3.8, 4) is 0 Å². The number of nitro groups is 1. The fourth-order valence-corrected chi connectivity index (χ4v) is 1.63. The third-order valence-electron chi connectivity index (χ3n) is 2.76. The molecule has 0 saturated carbocycles. The number of amides is 1. The molecule has 0 bridgehead atoms. The van der Waals surface area contributed by atoms with Gasteiger partial charge in [0.05, 0.1) is 17.4 Å². The van der Waals surface area contributed by atoms with Crippen LogP contribution in [0.1, 0.15) is 13.8 Å². The second kappa shape index (κ2) is 7.47. The van der Waals surface area contributed by atoms with Gasteiger partial charge in [0.1, 0.15) is 6.54 Å². The SMILES string of the molecule is CCN(CC)CCNC(=O)Cn1ccc([N+](=O)[O-])n1. The van der Waals surface area contributed by atoms with Gasteiger partial charge in [-0.2, -0.15) is 4.68 Å². The van der Waals surface area contributed by atoms with E-state index < -0.39 is 4.92 Å². The Morgan fingerprint density at radius 3 is 2.74 bits per heavy atom. The highest BCUT2D eigenvalue weighted by atomic mass is 16.6. The van der Waals surface area contributed by atoms with Crippen molar-refractivity contribution in [1.29, 1.82) is 0 Å². The van der Waals surface area contributed by atoms with Crippen LogP contribution in [0.5, 0.6) is 0 Å². The first-order valence-electron chi connectivity index (χ1n) is 6.23. The van der Waals surface area contributed by atoms with Crippen LogP contribution in [0.2, 0.25) is 0 Å². The van der Waals surface area contributed by atoms with Gasteiger partial charge >= 0.3 is 5.82 Å². The van der Waals surface area contributed by atoms with E-state index >= 15 is 0 Å². The van der Waals surface area contributed by atoms with E-state index in [1.54, 1.807) is 0 Å². The van der Waals surface area contributed by atoms with Crippen molar-refractivity contribution < 1.29 is 9.72 Å². The summed E-state index contributed by atoms with van der Waals surface area (Å²) in [6, 6.07) is 1.27. The predicted molar refractivity (Wildman–Crippen MR) is 69.7 cm³/mol. The number of rotatable bonds is 8. The van der Waals surface area contributed by atoms with E-state index in [4.69, 9.17) is 0 Å². The average Bonchev–Trinajstić information content (AvgIpc) is 2.83. The van der Waals surface area contributed by atoms with E-state index in [0.717, 1.165) is 19.6 Å². The highest BCUT2D eigenvalue weighted by Gasteiger charge is 2.13. The molecule has 1 aromatic rings. The average molecular weight is 269 g/mol. The first kappa shape index (κ1) is 15.1. The number of carbonyl (C=O) groups excluding carboxylic acids is 1. The lowest BCUT2D eigenvalue weighted by molar-refractivity contribution is -0.389. The van der Waals surface area contributed by atoms with Crippen molar-refractivity contribution in [3.05, 3.63) is 22.4 Å². The number of likely N-dealkylation sites (N-methyl/N-ethyl adjacent to an activating group) is 1. The lowest BCUT2D eigenvalue weighted by Gasteiger charge is -2.17. The number of nitrogens with zero attached hydrogens (tertiary/aromatic N) is 4. The number of hydrogen-bond acceptors (Lipinski definition) is 5. The maximum absolute atomic E-state index is 11.6. The molecule has 8 heteroatoms. The molecule has 0 unspecified atom stereocenters. The molecule has 1 amide bonds. The number of carbonyl (C=O) groups is 1. The molecule has 8 nitrogen and oxygen atoms in total. The van der Waals surface area contributed by atoms with Crippen LogP contribution in [0.4, 0.5) is 5.82 Å². The zero-order chi connectivity index (χ0) is 14.3. The molecule has 0 aromatic carbocycles. The Hall–Kier alpha value is -1.96. The summed E-state index contributed by atoms with van der Waals surface area (Å²) < 4.78 is 1.25. The minimum Gasteiger partial charge on any atom is -0.358 e. The van der Waals surface area contributed by atoms with Crippen LogP contribution in [-0.2, 0) is 11.3 Å². The third kappa shape index (κ3) is 5.04. The molecule has 106 valence electrons. The number of hydrogen-bond donors (Lipinski definition) is 1. The van der Waals surface area contributed by atoms with Gasteiger partial charge in [-0.1, -0.05) is 13.8 Å². The fourth-order valence-electron chi connectivity index (χ4n) is 1.63. The standard InChI is InChI=1S/C11H19N5O3/c1-3-14(4-2)8-6-12-11(17)9-15-7-5-10(13-15)16(18)19/h5,7H,3-4,6,8-9H2,1-2H3,(H,12,17).